The Morgan fingerprint density at radius 2 is 1.90 bits per heavy atom. The molecule has 0 heterocycles. The van der Waals surface area contributed by atoms with Crippen LogP contribution in [0.3, 0.4) is 0 Å². The summed E-state index contributed by atoms with van der Waals surface area (Å²) in [5.74, 6) is 0.730. The van der Waals surface area contributed by atoms with Gasteiger partial charge in [-0.15, -0.1) is 0 Å². The van der Waals surface area contributed by atoms with E-state index in [1.54, 1.807) is 0 Å². The first-order valence-corrected chi connectivity index (χ1v) is 4.34. The van der Waals surface area contributed by atoms with Crippen molar-refractivity contribution in [2.45, 2.75) is 6.92 Å². The van der Waals surface area contributed by atoms with E-state index in [9.17, 15) is 0 Å². The summed E-state index contributed by atoms with van der Waals surface area (Å²) in [6.07, 6.45) is 0. The van der Waals surface area contributed by atoms with Crippen molar-refractivity contribution >= 4 is 15.6 Å². The molecule has 0 aromatic heterocycles. The maximum absolute atomic E-state index is 8.43. The molecule has 10 heavy (non-hydrogen) atoms. The molecule has 0 aliphatic rings. The summed E-state index contributed by atoms with van der Waals surface area (Å²) in [5.41, 5.74) is 1.19. The zero-order valence-corrected chi connectivity index (χ0v) is 7.29. The van der Waals surface area contributed by atoms with Gasteiger partial charge in [0.05, 0.1) is 0 Å². The molecule has 1 N–H and O–H groups in total. The van der Waals surface area contributed by atoms with Gasteiger partial charge in [-0.3, -0.25) is 0 Å². The maximum atomic E-state index is 8.43. The van der Waals surface area contributed by atoms with Crippen LogP contribution >= 0.6 is 0 Å². The summed E-state index contributed by atoms with van der Waals surface area (Å²) in [6, 6.07) is 7.57. The molecule has 1 aromatic carbocycles. The Hall–Kier alpha value is -0.501. The summed E-state index contributed by atoms with van der Waals surface area (Å²) in [5, 5.41) is 0. The van der Waals surface area contributed by atoms with Gasteiger partial charge in [-0.25, -0.2) is 0 Å². The van der Waals surface area contributed by atoms with Crippen molar-refractivity contribution in [3.63, 3.8) is 0 Å². The van der Waals surface area contributed by atoms with Crippen LogP contribution in [0.15, 0.2) is 24.3 Å². The Bertz CT molecular complexity index is 195. The van der Waals surface area contributed by atoms with Gasteiger partial charge in [0.15, 0.2) is 0 Å². The van der Waals surface area contributed by atoms with Gasteiger partial charge in [-0.1, -0.05) is 0 Å². The van der Waals surface area contributed by atoms with Crippen molar-refractivity contribution in [1.29, 1.82) is 0 Å². The monoisotopic (exact) mass is 204 g/mol. The first kappa shape index (κ1) is 7.60. The summed E-state index contributed by atoms with van der Waals surface area (Å²) < 4.78 is 13.3. The molecule has 0 spiro atoms. The second-order valence-electron chi connectivity index (χ2n) is 1.97. The first-order chi connectivity index (χ1) is 4.83. The van der Waals surface area contributed by atoms with E-state index in [2.05, 4.69) is 0 Å². The molecule has 0 bridgehead atoms. The zero-order valence-electron chi connectivity index (χ0n) is 5.57. The van der Waals surface area contributed by atoms with Crippen LogP contribution < -0.4 is 3.82 Å². The predicted molar refractivity (Wildman–Crippen MR) is 39.8 cm³/mol. The van der Waals surface area contributed by atoms with Crippen molar-refractivity contribution in [3.05, 3.63) is 29.8 Å². The summed E-state index contributed by atoms with van der Waals surface area (Å²) >= 11 is -0.727. The molecule has 1 rings (SSSR count). The third-order valence-corrected chi connectivity index (χ3v) is 1.71. The van der Waals surface area contributed by atoms with Crippen molar-refractivity contribution in [2.24, 2.45) is 0 Å². The molecule has 3 heteroatoms. The second-order valence-corrected chi connectivity index (χ2v) is 2.63. The number of rotatable bonds is 2. The molecule has 0 saturated carbocycles. The second kappa shape index (κ2) is 3.61. The Kier molecular flexibility index (Phi) is 2.75. The van der Waals surface area contributed by atoms with Gasteiger partial charge in [0.1, 0.15) is 0 Å². The van der Waals surface area contributed by atoms with Gasteiger partial charge in [-0.05, 0) is 0 Å². The minimum absolute atomic E-state index is 0.727. The van der Waals surface area contributed by atoms with Crippen LogP contribution in [0.5, 0.6) is 5.75 Å². The third-order valence-electron chi connectivity index (χ3n) is 1.15. The van der Waals surface area contributed by atoms with Gasteiger partial charge >= 0.3 is 66.1 Å². The molecule has 0 radical (unpaired) electrons. The summed E-state index contributed by atoms with van der Waals surface area (Å²) in [6.45, 7) is 2.01. The van der Waals surface area contributed by atoms with E-state index in [1.165, 1.54) is 5.56 Å². The van der Waals surface area contributed by atoms with E-state index in [1.807, 2.05) is 31.2 Å². The van der Waals surface area contributed by atoms with Crippen LogP contribution in [0.2, 0.25) is 0 Å². The third kappa shape index (κ3) is 2.03. The minimum atomic E-state index is -0.727. The molecule has 54 valence electrons. The quantitative estimate of drug-likeness (QED) is 0.723. The van der Waals surface area contributed by atoms with Crippen molar-refractivity contribution in [2.75, 3.05) is 0 Å². The van der Waals surface area contributed by atoms with Crippen molar-refractivity contribution in [3.8, 4) is 5.75 Å². The van der Waals surface area contributed by atoms with Gasteiger partial charge < -0.3 is 0 Å². The normalized spacial score (nSPS) is 9.40. The Morgan fingerprint density at radius 3 is 2.40 bits per heavy atom. The van der Waals surface area contributed by atoms with Crippen LogP contribution in [-0.4, -0.2) is 19.8 Å². The molecule has 1 aromatic rings. The fraction of sp³-hybridized carbons (Fsp3) is 0.143. The van der Waals surface area contributed by atoms with E-state index in [0.29, 0.717) is 0 Å². The molecule has 0 amide bonds. The van der Waals surface area contributed by atoms with Crippen LogP contribution in [0.1, 0.15) is 5.56 Å². The zero-order chi connectivity index (χ0) is 7.40. The number of benzene rings is 1. The molecular formula is C7H8O2Se. The predicted octanol–water partition coefficient (Wildman–Crippen LogP) is 0.900. The fourth-order valence-corrected chi connectivity index (χ4v) is 1.05. The Labute approximate surface area is 66.6 Å². The number of hydrogen-bond donors (Lipinski definition) is 1. The fourth-order valence-electron chi connectivity index (χ4n) is 0.637. The molecule has 0 aliphatic carbocycles. The summed E-state index contributed by atoms with van der Waals surface area (Å²) in [4.78, 5) is 0. The average Bonchev–Trinajstić information content (AvgIpc) is 1.95. The van der Waals surface area contributed by atoms with Gasteiger partial charge in [0, 0.05) is 0 Å². The number of hydrogen-bond acceptors (Lipinski definition) is 2. The van der Waals surface area contributed by atoms with E-state index in [-0.39, 0.29) is 0 Å². The Morgan fingerprint density at radius 1 is 1.30 bits per heavy atom. The first-order valence-electron chi connectivity index (χ1n) is 2.87. The molecule has 0 fully saturated rings. The van der Waals surface area contributed by atoms with Crippen LogP contribution in [0.25, 0.3) is 0 Å². The topological polar surface area (TPSA) is 29.5 Å². The van der Waals surface area contributed by atoms with Gasteiger partial charge in [-0.2, -0.15) is 0 Å². The molecule has 2 nitrogen and oxygen atoms in total. The molecule has 0 saturated heterocycles. The number of aryl methyl sites for hydroxylation is 1. The van der Waals surface area contributed by atoms with Gasteiger partial charge in [0.25, 0.3) is 0 Å². The van der Waals surface area contributed by atoms with E-state index >= 15 is 0 Å². The molecule has 0 unspecified atom stereocenters. The SMILES string of the molecule is Cc1ccc(O[Se]O)cc1. The van der Waals surface area contributed by atoms with E-state index in [0.717, 1.165) is 5.75 Å². The standard InChI is InChI=1S/C7H8O2Se/c1-6-2-4-7(5-3-6)9-10-8/h2-5,8H,1H3. The molecular weight excluding hydrogens is 195 g/mol. The molecule has 0 aliphatic heterocycles. The van der Waals surface area contributed by atoms with E-state index < -0.39 is 15.6 Å². The van der Waals surface area contributed by atoms with Crippen LogP contribution in [0.4, 0.5) is 0 Å². The summed E-state index contributed by atoms with van der Waals surface area (Å²) in [7, 11) is 0. The average molecular weight is 203 g/mol. The Balaban J connectivity index is 2.69. The molecule has 0 atom stereocenters. The van der Waals surface area contributed by atoms with Crippen LogP contribution in [0, 0.1) is 6.92 Å². The van der Waals surface area contributed by atoms with Crippen LogP contribution in [-0.2, 0) is 0 Å². The van der Waals surface area contributed by atoms with Crippen molar-refractivity contribution in [1.82, 2.24) is 0 Å². The van der Waals surface area contributed by atoms with Crippen molar-refractivity contribution < 1.29 is 8.01 Å². The van der Waals surface area contributed by atoms with Gasteiger partial charge in [0.2, 0.25) is 0 Å². The van der Waals surface area contributed by atoms with E-state index in [4.69, 9.17) is 8.01 Å².